The predicted octanol–water partition coefficient (Wildman–Crippen LogP) is 2.93. The van der Waals surface area contributed by atoms with Crippen LogP contribution in [0.15, 0.2) is 0 Å². The molecular weight excluding hydrogens is 211 g/mol. The number of alkyl halides is 1. The first kappa shape index (κ1) is 11.7. The second-order valence-electron chi connectivity index (χ2n) is 4.01. The highest BCUT2D eigenvalue weighted by Gasteiger charge is 2.30. The van der Waals surface area contributed by atoms with Gasteiger partial charge in [-0.1, -0.05) is 13.8 Å². The van der Waals surface area contributed by atoms with Crippen molar-refractivity contribution in [1.29, 1.82) is 0 Å². The standard InChI is InChI=1S/C8H16ClO3P/c1-7(9)4-10-13-11-5-8(2,3)6-12-13/h7H,4-6H2,1-3H3. The Hall–Kier alpha value is 0.600. The fourth-order valence-electron chi connectivity index (χ4n) is 0.772. The predicted molar refractivity (Wildman–Crippen MR) is 53.9 cm³/mol. The van der Waals surface area contributed by atoms with Gasteiger partial charge < -0.3 is 13.6 Å². The molecule has 1 aliphatic heterocycles. The molecule has 1 aliphatic rings. The van der Waals surface area contributed by atoms with Gasteiger partial charge in [-0.15, -0.1) is 11.6 Å². The topological polar surface area (TPSA) is 27.7 Å². The Balaban J connectivity index is 2.18. The lowest BCUT2D eigenvalue weighted by atomic mass is 9.97. The minimum atomic E-state index is -1.15. The maximum Gasteiger partial charge on any atom is 0.332 e. The fourth-order valence-corrected chi connectivity index (χ4v) is 2.40. The molecule has 0 saturated carbocycles. The number of rotatable bonds is 3. The van der Waals surface area contributed by atoms with Gasteiger partial charge in [0.2, 0.25) is 0 Å². The molecule has 5 heteroatoms. The molecule has 1 atom stereocenters. The Labute approximate surface area is 85.7 Å². The zero-order chi connectivity index (χ0) is 9.90. The van der Waals surface area contributed by atoms with Crippen molar-refractivity contribution in [3.05, 3.63) is 0 Å². The van der Waals surface area contributed by atoms with Crippen LogP contribution in [0.1, 0.15) is 20.8 Å². The van der Waals surface area contributed by atoms with Gasteiger partial charge in [-0.3, -0.25) is 0 Å². The summed E-state index contributed by atoms with van der Waals surface area (Å²) in [6, 6.07) is 0. The molecule has 1 saturated heterocycles. The van der Waals surface area contributed by atoms with Crippen LogP contribution < -0.4 is 0 Å². The van der Waals surface area contributed by atoms with E-state index in [4.69, 9.17) is 25.2 Å². The summed E-state index contributed by atoms with van der Waals surface area (Å²) in [5.41, 5.74) is 0.106. The second-order valence-corrected chi connectivity index (χ2v) is 5.98. The smallest absolute Gasteiger partial charge is 0.312 e. The van der Waals surface area contributed by atoms with Crippen LogP contribution in [0.4, 0.5) is 0 Å². The molecule has 1 rings (SSSR count). The van der Waals surface area contributed by atoms with Gasteiger partial charge in [0.15, 0.2) is 0 Å². The summed E-state index contributed by atoms with van der Waals surface area (Å²) < 4.78 is 16.1. The number of hydrogen-bond donors (Lipinski definition) is 0. The molecule has 0 N–H and O–H groups in total. The van der Waals surface area contributed by atoms with E-state index < -0.39 is 8.60 Å². The zero-order valence-corrected chi connectivity index (χ0v) is 9.90. The summed E-state index contributed by atoms with van der Waals surface area (Å²) in [5, 5.41) is 0.00429. The fraction of sp³-hybridized carbons (Fsp3) is 1.00. The first-order chi connectivity index (χ1) is 5.99. The highest BCUT2D eigenvalue weighted by Crippen LogP contribution is 2.46. The summed E-state index contributed by atoms with van der Waals surface area (Å²) in [6.07, 6.45) is 0. The van der Waals surface area contributed by atoms with Gasteiger partial charge in [-0.25, -0.2) is 0 Å². The third-order valence-corrected chi connectivity index (χ3v) is 2.70. The van der Waals surface area contributed by atoms with Crippen LogP contribution in [0, 0.1) is 5.41 Å². The van der Waals surface area contributed by atoms with Gasteiger partial charge in [0.25, 0.3) is 0 Å². The van der Waals surface area contributed by atoms with E-state index in [1.165, 1.54) is 0 Å². The van der Waals surface area contributed by atoms with E-state index in [1.54, 1.807) is 0 Å². The van der Waals surface area contributed by atoms with Gasteiger partial charge in [-0.2, -0.15) is 0 Å². The van der Waals surface area contributed by atoms with Gasteiger partial charge in [0, 0.05) is 5.41 Å². The van der Waals surface area contributed by atoms with Crippen molar-refractivity contribution in [3.8, 4) is 0 Å². The molecule has 3 nitrogen and oxygen atoms in total. The summed E-state index contributed by atoms with van der Waals surface area (Å²) in [6.45, 7) is 7.94. The minimum absolute atomic E-state index is 0.00429. The summed E-state index contributed by atoms with van der Waals surface area (Å²) in [4.78, 5) is 0. The monoisotopic (exact) mass is 226 g/mol. The van der Waals surface area contributed by atoms with E-state index in [-0.39, 0.29) is 10.8 Å². The second kappa shape index (κ2) is 4.90. The van der Waals surface area contributed by atoms with E-state index in [9.17, 15) is 0 Å². The lowest BCUT2D eigenvalue weighted by molar-refractivity contribution is 0.0281. The van der Waals surface area contributed by atoms with E-state index >= 15 is 0 Å². The van der Waals surface area contributed by atoms with Crippen molar-refractivity contribution >= 4 is 20.2 Å². The SMILES string of the molecule is CC(Cl)COP1OCC(C)(C)CO1. The molecule has 0 bridgehead atoms. The van der Waals surface area contributed by atoms with Gasteiger partial charge in [0.1, 0.15) is 0 Å². The highest BCUT2D eigenvalue weighted by atomic mass is 35.5. The van der Waals surface area contributed by atoms with Crippen LogP contribution in [0.3, 0.4) is 0 Å². The Morgan fingerprint density at radius 1 is 1.46 bits per heavy atom. The largest absolute Gasteiger partial charge is 0.332 e. The lowest BCUT2D eigenvalue weighted by Gasteiger charge is -2.32. The Morgan fingerprint density at radius 2 is 2.00 bits per heavy atom. The van der Waals surface area contributed by atoms with Crippen molar-refractivity contribution < 1.29 is 13.6 Å². The number of halogens is 1. The maximum absolute atomic E-state index is 5.73. The summed E-state index contributed by atoms with van der Waals surface area (Å²) in [7, 11) is -1.15. The molecule has 78 valence electrons. The summed E-state index contributed by atoms with van der Waals surface area (Å²) in [5.74, 6) is 0. The van der Waals surface area contributed by atoms with E-state index in [2.05, 4.69) is 13.8 Å². The Kier molecular flexibility index (Phi) is 4.40. The Bertz CT molecular complexity index is 151. The van der Waals surface area contributed by atoms with Crippen molar-refractivity contribution in [1.82, 2.24) is 0 Å². The van der Waals surface area contributed by atoms with E-state index in [0.717, 1.165) is 0 Å². The molecule has 0 aromatic heterocycles. The van der Waals surface area contributed by atoms with Crippen LogP contribution in [0.5, 0.6) is 0 Å². The first-order valence-corrected chi connectivity index (χ1v) is 5.86. The van der Waals surface area contributed by atoms with Crippen molar-refractivity contribution in [2.45, 2.75) is 26.1 Å². The average Bonchev–Trinajstić information content (AvgIpc) is 2.02. The molecule has 0 radical (unpaired) electrons. The molecule has 1 fully saturated rings. The minimum Gasteiger partial charge on any atom is -0.312 e. The third-order valence-electron chi connectivity index (χ3n) is 1.53. The molecule has 0 spiro atoms. The normalized spacial score (nSPS) is 25.8. The molecule has 0 aliphatic carbocycles. The van der Waals surface area contributed by atoms with Crippen LogP contribution >= 0.6 is 20.2 Å². The molecule has 0 aromatic rings. The van der Waals surface area contributed by atoms with E-state index in [1.807, 2.05) is 6.92 Å². The van der Waals surface area contributed by atoms with Crippen LogP contribution in [-0.4, -0.2) is 25.2 Å². The van der Waals surface area contributed by atoms with Gasteiger partial charge in [-0.05, 0) is 6.92 Å². The highest BCUT2D eigenvalue weighted by molar-refractivity contribution is 7.41. The Morgan fingerprint density at radius 3 is 2.46 bits per heavy atom. The van der Waals surface area contributed by atoms with Crippen molar-refractivity contribution in [3.63, 3.8) is 0 Å². The van der Waals surface area contributed by atoms with E-state index in [0.29, 0.717) is 19.8 Å². The zero-order valence-electron chi connectivity index (χ0n) is 8.25. The summed E-state index contributed by atoms with van der Waals surface area (Å²) >= 11 is 5.73. The van der Waals surface area contributed by atoms with Crippen LogP contribution in [0.2, 0.25) is 0 Å². The third kappa shape index (κ3) is 4.57. The molecule has 1 heterocycles. The average molecular weight is 227 g/mol. The molecule has 13 heavy (non-hydrogen) atoms. The maximum atomic E-state index is 5.73. The van der Waals surface area contributed by atoms with Gasteiger partial charge >= 0.3 is 8.60 Å². The van der Waals surface area contributed by atoms with Gasteiger partial charge in [0.05, 0.1) is 25.2 Å². The molecule has 0 aromatic carbocycles. The molecule has 1 unspecified atom stereocenters. The quantitative estimate of drug-likeness (QED) is 0.547. The van der Waals surface area contributed by atoms with Crippen molar-refractivity contribution in [2.75, 3.05) is 19.8 Å². The number of hydrogen-bond acceptors (Lipinski definition) is 3. The first-order valence-electron chi connectivity index (χ1n) is 4.32. The molecular formula is C8H16ClO3P. The van der Waals surface area contributed by atoms with Crippen LogP contribution in [0.25, 0.3) is 0 Å². The lowest BCUT2D eigenvalue weighted by Crippen LogP contribution is -2.28. The molecule has 0 amide bonds. The van der Waals surface area contributed by atoms with Crippen LogP contribution in [-0.2, 0) is 13.6 Å². The van der Waals surface area contributed by atoms with Crippen molar-refractivity contribution in [2.24, 2.45) is 5.41 Å².